The standard InChI is InChI=1S/C20H18FN5O2S/c1-12-18(27)22-16-9-5-3-7-14(16)11-26(12)20(28)23-19-25-24-17(29-19)10-13-6-2-4-8-15(13)21/h2-9,12H,10-11H2,1H3,(H,22,27)(H,23,25,28). The van der Waals surface area contributed by atoms with Crippen LogP contribution in [0.25, 0.3) is 0 Å². The number of para-hydroxylation sites is 1. The highest BCUT2D eigenvalue weighted by molar-refractivity contribution is 7.15. The molecule has 1 aromatic heterocycles. The zero-order valence-corrected chi connectivity index (χ0v) is 16.4. The molecule has 0 aliphatic carbocycles. The molecule has 0 saturated carbocycles. The highest BCUT2D eigenvalue weighted by Crippen LogP contribution is 2.25. The number of aromatic nitrogens is 2. The Labute approximate surface area is 170 Å². The molecule has 2 heterocycles. The topological polar surface area (TPSA) is 87.2 Å². The first-order valence-electron chi connectivity index (χ1n) is 9.03. The first-order chi connectivity index (χ1) is 14.0. The summed E-state index contributed by atoms with van der Waals surface area (Å²) in [6.07, 6.45) is 0.288. The normalized spacial score (nSPS) is 16.0. The fraction of sp³-hybridized carbons (Fsp3) is 0.200. The second kappa shape index (κ2) is 7.96. The minimum absolute atomic E-state index is 0.261. The molecule has 3 aromatic rings. The van der Waals surface area contributed by atoms with Gasteiger partial charge in [0.25, 0.3) is 0 Å². The van der Waals surface area contributed by atoms with Crippen LogP contribution in [-0.2, 0) is 17.8 Å². The van der Waals surface area contributed by atoms with Crippen LogP contribution in [0.3, 0.4) is 0 Å². The molecule has 0 fully saturated rings. The summed E-state index contributed by atoms with van der Waals surface area (Å²) in [5.74, 6) is -0.570. The van der Waals surface area contributed by atoms with Gasteiger partial charge >= 0.3 is 6.03 Å². The summed E-state index contributed by atoms with van der Waals surface area (Å²) in [5.41, 5.74) is 2.05. The van der Waals surface area contributed by atoms with E-state index in [0.717, 1.165) is 5.56 Å². The van der Waals surface area contributed by atoms with Crippen molar-refractivity contribution in [1.29, 1.82) is 0 Å². The van der Waals surface area contributed by atoms with E-state index in [4.69, 9.17) is 0 Å². The van der Waals surface area contributed by atoms with E-state index in [1.807, 2.05) is 18.2 Å². The van der Waals surface area contributed by atoms with E-state index in [1.165, 1.54) is 22.3 Å². The second-order valence-corrected chi connectivity index (χ2v) is 7.71. The van der Waals surface area contributed by atoms with Crippen LogP contribution in [0.2, 0.25) is 0 Å². The first kappa shape index (κ1) is 19.0. The van der Waals surface area contributed by atoms with Gasteiger partial charge in [-0.3, -0.25) is 10.1 Å². The van der Waals surface area contributed by atoms with Gasteiger partial charge in [0.2, 0.25) is 11.0 Å². The lowest BCUT2D eigenvalue weighted by molar-refractivity contribution is -0.119. The van der Waals surface area contributed by atoms with E-state index in [-0.39, 0.29) is 24.7 Å². The van der Waals surface area contributed by atoms with Crippen molar-refractivity contribution in [3.63, 3.8) is 0 Å². The smallest absolute Gasteiger partial charge is 0.324 e. The Morgan fingerprint density at radius 2 is 2.00 bits per heavy atom. The lowest BCUT2D eigenvalue weighted by atomic mass is 10.1. The fourth-order valence-corrected chi connectivity index (χ4v) is 3.82. The summed E-state index contributed by atoms with van der Waals surface area (Å²) >= 11 is 1.17. The quantitative estimate of drug-likeness (QED) is 0.689. The molecular formula is C20H18FN5O2S. The molecule has 2 aromatic carbocycles. The van der Waals surface area contributed by atoms with Gasteiger partial charge in [-0.05, 0) is 30.2 Å². The van der Waals surface area contributed by atoms with Crippen molar-refractivity contribution >= 4 is 34.1 Å². The van der Waals surface area contributed by atoms with Crippen LogP contribution in [0, 0.1) is 5.82 Å². The zero-order valence-electron chi connectivity index (χ0n) is 15.6. The number of carbonyl (C=O) groups is 2. The fourth-order valence-electron chi connectivity index (χ4n) is 3.07. The van der Waals surface area contributed by atoms with Crippen molar-refractivity contribution in [2.24, 2.45) is 0 Å². The Morgan fingerprint density at radius 1 is 1.24 bits per heavy atom. The Kier molecular flexibility index (Phi) is 5.22. The molecule has 0 bridgehead atoms. The lowest BCUT2D eigenvalue weighted by Crippen LogP contribution is -2.45. The molecule has 1 aliphatic rings. The molecule has 29 heavy (non-hydrogen) atoms. The molecule has 3 amide bonds. The third kappa shape index (κ3) is 4.09. The van der Waals surface area contributed by atoms with Crippen LogP contribution in [0.1, 0.15) is 23.1 Å². The molecule has 9 heteroatoms. The van der Waals surface area contributed by atoms with Gasteiger partial charge in [-0.1, -0.05) is 47.7 Å². The summed E-state index contributed by atoms with van der Waals surface area (Å²) in [6.45, 7) is 1.95. The average Bonchev–Trinajstić information content (AvgIpc) is 3.09. The van der Waals surface area contributed by atoms with Gasteiger partial charge in [0, 0.05) is 12.1 Å². The van der Waals surface area contributed by atoms with Crippen molar-refractivity contribution in [1.82, 2.24) is 15.1 Å². The highest BCUT2D eigenvalue weighted by atomic mass is 32.1. The van der Waals surface area contributed by atoms with Crippen LogP contribution < -0.4 is 10.6 Å². The number of halogens is 1. The third-order valence-corrected chi connectivity index (χ3v) is 5.54. The Morgan fingerprint density at radius 3 is 2.83 bits per heavy atom. The number of anilines is 2. The van der Waals surface area contributed by atoms with Gasteiger partial charge in [-0.25, -0.2) is 9.18 Å². The van der Waals surface area contributed by atoms with Crippen LogP contribution >= 0.6 is 11.3 Å². The number of urea groups is 1. The largest absolute Gasteiger partial charge is 0.324 e. The predicted molar refractivity (Wildman–Crippen MR) is 108 cm³/mol. The Bertz CT molecular complexity index is 1070. The van der Waals surface area contributed by atoms with E-state index >= 15 is 0 Å². The summed E-state index contributed by atoms with van der Waals surface area (Å²) in [4.78, 5) is 26.7. The van der Waals surface area contributed by atoms with Crippen LogP contribution in [-0.4, -0.2) is 33.1 Å². The Hall–Kier alpha value is -3.33. The average molecular weight is 411 g/mol. The van der Waals surface area contributed by atoms with Gasteiger partial charge in [-0.15, -0.1) is 10.2 Å². The number of fused-ring (bicyclic) bond motifs is 1. The number of hydrogen-bond donors (Lipinski definition) is 2. The maximum absolute atomic E-state index is 13.8. The van der Waals surface area contributed by atoms with E-state index in [0.29, 0.717) is 21.4 Å². The zero-order chi connectivity index (χ0) is 20.4. The number of nitrogens with one attached hydrogen (secondary N) is 2. The molecule has 7 nitrogen and oxygen atoms in total. The molecule has 1 unspecified atom stereocenters. The number of hydrogen-bond acceptors (Lipinski definition) is 5. The molecule has 2 N–H and O–H groups in total. The molecule has 4 rings (SSSR count). The second-order valence-electron chi connectivity index (χ2n) is 6.65. The van der Waals surface area contributed by atoms with Crippen molar-refractivity contribution in [3.05, 3.63) is 70.5 Å². The maximum atomic E-state index is 13.8. The summed E-state index contributed by atoms with van der Waals surface area (Å²) in [7, 11) is 0. The molecule has 148 valence electrons. The maximum Gasteiger partial charge on any atom is 0.324 e. The van der Waals surface area contributed by atoms with E-state index in [9.17, 15) is 14.0 Å². The van der Waals surface area contributed by atoms with E-state index in [1.54, 1.807) is 31.2 Å². The Balaban J connectivity index is 1.48. The summed E-state index contributed by atoms with van der Waals surface area (Å²) in [6, 6.07) is 12.7. The van der Waals surface area contributed by atoms with Gasteiger partial charge in [0.05, 0.1) is 6.54 Å². The molecular weight excluding hydrogens is 393 g/mol. The molecule has 0 radical (unpaired) electrons. The third-order valence-electron chi connectivity index (χ3n) is 4.70. The van der Waals surface area contributed by atoms with E-state index in [2.05, 4.69) is 20.8 Å². The molecule has 1 aliphatic heterocycles. The number of amides is 3. The summed E-state index contributed by atoms with van der Waals surface area (Å²) in [5, 5.41) is 14.4. The summed E-state index contributed by atoms with van der Waals surface area (Å²) < 4.78 is 13.8. The van der Waals surface area contributed by atoms with Gasteiger partial charge < -0.3 is 10.2 Å². The van der Waals surface area contributed by atoms with Crippen LogP contribution in [0.15, 0.2) is 48.5 Å². The molecule has 0 spiro atoms. The first-order valence-corrected chi connectivity index (χ1v) is 9.85. The van der Waals surface area contributed by atoms with E-state index < -0.39 is 12.1 Å². The number of nitrogens with zero attached hydrogens (tertiary/aromatic N) is 3. The van der Waals surface area contributed by atoms with Crippen LogP contribution in [0.5, 0.6) is 0 Å². The van der Waals surface area contributed by atoms with Crippen molar-refractivity contribution in [2.75, 3.05) is 10.6 Å². The molecule has 0 saturated heterocycles. The van der Waals surface area contributed by atoms with Crippen LogP contribution in [0.4, 0.5) is 20.0 Å². The van der Waals surface area contributed by atoms with Gasteiger partial charge in [0.1, 0.15) is 16.9 Å². The van der Waals surface area contributed by atoms with Crippen molar-refractivity contribution < 1.29 is 14.0 Å². The minimum atomic E-state index is -0.659. The van der Waals surface area contributed by atoms with Gasteiger partial charge in [-0.2, -0.15) is 0 Å². The highest BCUT2D eigenvalue weighted by Gasteiger charge is 2.30. The number of carbonyl (C=O) groups excluding carboxylic acids is 2. The van der Waals surface area contributed by atoms with Gasteiger partial charge in [0.15, 0.2) is 0 Å². The lowest BCUT2D eigenvalue weighted by Gasteiger charge is -2.25. The van der Waals surface area contributed by atoms with Crippen molar-refractivity contribution in [2.45, 2.75) is 25.9 Å². The predicted octanol–water partition coefficient (Wildman–Crippen LogP) is 3.64. The SMILES string of the molecule is CC1C(=O)Nc2ccccc2CN1C(=O)Nc1nnc(Cc2ccccc2F)s1. The monoisotopic (exact) mass is 411 g/mol. The number of rotatable bonds is 3. The van der Waals surface area contributed by atoms with Crippen molar-refractivity contribution in [3.8, 4) is 0 Å². The minimum Gasteiger partial charge on any atom is -0.324 e. The number of benzene rings is 2. The molecule has 1 atom stereocenters.